The summed E-state index contributed by atoms with van der Waals surface area (Å²) in [6, 6.07) is 14.1. The molecule has 0 saturated heterocycles. The smallest absolute Gasteiger partial charge is 0.278 e. The maximum absolute atomic E-state index is 12.7. The number of nitrogens with one attached hydrogen (secondary N) is 1. The van der Waals surface area contributed by atoms with Gasteiger partial charge >= 0.3 is 0 Å². The number of anilines is 1. The van der Waals surface area contributed by atoms with Gasteiger partial charge in [-0.15, -0.1) is 11.3 Å². The molecule has 7 nitrogen and oxygen atoms in total. The second kappa shape index (κ2) is 7.17. The minimum absolute atomic E-state index is 0.269. The van der Waals surface area contributed by atoms with E-state index in [9.17, 15) is 13.2 Å². The quantitative estimate of drug-likeness (QED) is 0.543. The number of amides is 1. The number of thiazole rings is 1. The van der Waals surface area contributed by atoms with Gasteiger partial charge in [0.1, 0.15) is 0 Å². The summed E-state index contributed by atoms with van der Waals surface area (Å²) < 4.78 is 25.0. The maximum atomic E-state index is 12.7. The minimum atomic E-state index is -3.24. The molecule has 2 aromatic carbocycles. The van der Waals surface area contributed by atoms with E-state index in [1.165, 1.54) is 17.6 Å². The number of carbonyl (C=O) groups excluding carboxylic acids is 1. The van der Waals surface area contributed by atoms with E-state index in [1.54, 1.807) is 40.5 Å². The summed E-state index contributed by atoms with van der Waals surface area (Å²) in [6.07, 6.45) is 2.80. The number of hydrogen-bond donors (Lipinski definition) is 1. The molecule has 0 spiro atoms. The van der Waals surface area contributed by atoms with Gasteiger partial charge in [-0.2, -0.15) is 5.10 Å². The fourth-order valence-corrected chi connectivity index (χ4v) is 4.03. The van der Waals surface area contributed by atoms with Crippen molar-refractivity contribution in [2.24, 2.45) is 0 Å². The normalized spacial score (nSPS) is 11.6. The lowest BCUT2D eigenvalue weighted by Gasteiger charge is -2.05. The third-order valence-electron chi connectivity index (χ3n) is 4.21. The number of carbonyl (C=O) groups is 1. The van der Waals surface area contributed by atoms with E-state index in [2.05, 4.69) is 15.4 Å². The van der Waals surface area contributed by atoms with Crippen LogP contribution in [0.2, 0.25) is 0 Å². The molecule has 9 heteroatoms. The lowest BCUT2D eigenvalue weighted by atomic mass is 10.2. The third kappa shape index (κ3) is 3.67. The van der Waals surface area contributed by atoms with E-state index < -0.39 is 9.84 Å². The monoisotopic (exact) mass is 412 g/mol. The van der Waals surface area contributed by atoms with Crippen molar-refractivity contribution in [1.29, 1.82) is 0 Å². The van der Waals surface area contributed by atoms with Crippen LogP contribution < -0.4 is 5.32 Å². The minimum Gasteiger partial charge on any atom is -0.296 e. The standard InChI is InChI=1S/C19H16N4O3S2/c1-28(25,26)14-8-6-13(7-9-14)12-23-16-5-3-2-4-15(16)17(22-23)18(24)21-19-20-10-11-27-19/h2-11H,12H2,1H3,(H,20,21,24). The average Bonchev–Trinajstić information content (AvgIpc) is 3.30. The first-order valence-corrected chi connectivity index (χ1v) is 11.1. The number of benzene rings is 2. The predicted molar refractivity (Wildman–Crippen MR) is 108 cm³/mol. The van der Waals surface area contributed by atoms with Crippen molar-refractivity contribution in [1.82, 2.24) is 14.8 Å². The van der Waals surface area contributed by atoms with Crippen LogP contribution in [0.4, 0.5) is 5.13 Å². The molecule has 4 aromatic rings. The van der Waals surface area contributed by atoms with E-state index in [0.717, 1.165) is 16.5 Å². The summed E-state index contributed by atoms with van der Waals surface area (Å²) in [7, 11) is -3.24. The SMILES string of the molecule is CS(=O)(=O)c1ccc(Cn2nc(C(=O)Nc3nccs3)c3ccccc32)cc1. The summed E-state index contributed by atoms with van der Waals surface area (Å²) >= 11 is 1.34. The van der Waals surface area contributed by atoms with E-state index in [0.29, 0.717) is 17.4 Å². The summed E-state index contributed by atoms with van der Waals surface area (Å²) in [4.78, 5) is 17.0. The first-order chi connectivity index (χ1) is 13.4. The zero-order valence-corrected chi connectivity index (χ0v) is 16.5. The molecule has 1 N–H and O–H groups in total. The Hall–Kier alpha value is -3.04. The Labute approximate surface area is 165 Å². The molecule has 0 aliphatic carbocycles. The van der Waals surface area contributed by atoms with Crippen molar-refractivity contribution >= 4 is 43.1 Å². The number of nitrogens with zero attached hydrogens (tertiary/aromatic N) is 3. The van der Waals surface area contributed by atoms with Gasteiger partial charge in [-0.3, -0.25) is 14.8 Å². The highest BCUT2D eigenvalue weighted by Crippen LogP contribution is 2.22. The Morgan fingerprint density at radius 3 is 2.57 bits per heavy atom. The van der Waals surface area contributed by atoms with Crippen LogP contribution in [-0.2, 0) is 16.4 Å². The number of fused-ring (bicyclic) bond motifs is 1. The van der Waals surface area contributed by atoms with Gasteiger partial charge in [0, 0.05) is 23.2 Å². The van der Waals surface area contributed by atoms with E-state index >= 15 is 0 Å². The van der Waals surface area contributed by atoms with E-state index in [4.69, 9.17) is 0 Å². The van der Waals surface area contributed by atoms with Crippen molar-refractivity contribution in [3.63, 3.8) is 0 Å². The van der Waals surface area contributed by atoms with Crippen molar-refractivity contribution < 1.29 is 13.2 Å². The van der Waals surface area contributed by atoms with Crippen LogP contribution in [0.1, 0.15) is 16.1 Å². The average molecular weight is 412 g/mol. The molecule has 0 radical (unpaired) electrons. The Morgan fingerprint density at radius 1 is 1.14 bits per heavy atom. The second-order valence-electron chi connectivity index (χ2n) is 6.23. The lowest BCUT2D eigenvalue weighted by molar-refractivity contribution is 0.102. The number of hydrogen-bond acceptors (Lipinski definition) is 6. The van der Waals surface area contributed by atoms with Crippen LogP contribution in [0.5, 0.6) is 0 Å². The third-order valence-corrected chi connectivity index (χ3v) is 6.03. The molecule has 2 heterocycles. The lowest BCUT2D eigenvalue weighted by Crippen LogP contribution is -2.13. The van der Waals surface area contributed by atoms with Gasteiger partial charge in [0.05, 0.1) is 17.0 Å². The largest absolute Gasteiger partial charge is 0.296 e. The molecule has 0 aliphatic rings. The molecule has 0 fully saturated rings. The summed E-state index contributed by atoms with van der Waals surface area (Å²) in [6.45, 7) is 0.412. The molecule has 0 bridgehead atoms. The summed E-state index contributed by atoms with van der Waals surface area (Å²) in [5.74, 6) is -0.322. The van der Waals surface area contributed by atoms with Gasteiger partial charge in [-0.05, 0) is 23.8 Å². The number of aromatic nitrogens is 3. The van der Waals surface area contributed by atoms with Crippen LogP contribution in [0.25, 0.3) is 10.9 Å². The summed E-state index contributed by atoms with van der Waals surface area (Å²) in [5, 5.41) is 10.3. The molecule has 0 saturated carbocycles. The number of sulfone groups is 1. The Kier molecular flexibility index (Phi) is 4.70. The highest BCUT2D eigenvalue weighted by atomic mass is 32.2. The fraction of sp³-hybridized carbons (Fsp3) is 0.105. The zero-order chi connectivity index (χ0) is 19.7. The Bertz CT molecular complexity index is 1240. The zero-order valence-electron chi connectivity index (χ0n) is 14.9. The van der Waals surface area contributed by atoms with Crippen LogP contribution in [-0.4, -0.2) is 35.3 Å². The topological polar surface area (TPSA) is 94.0 Å². The van der Waals surface area contributed by atoms with Crippen molar-refractivity contribution in [3.8, 4) is 0 Å². The highest BCUT2D eigenvalue weighted by molar-refractivity contribution is 7.90. The maximum Gasteiger partial charge on any atom is 0.278 e. The van der Waals surface area contributed by atoms with Gasteiger partial charge in [0.2, 0.25) is 0 Å². The molecule has 0 aliphatic heterocycles. The van der Waals surface area contributed by atoms with Crippen molar-refractivity contribution in [3.05, 3.63) is 71.4 Å². The number of para-hydroxylation sites is 1. The molecule has 142 valence electrons. The molecule has 0 unspecified atom stereocenters. The first kappa shape index (κ1) is 18.3. The van der Waals surface area contributed by atoms with Crippen LogP contribution >= 0.6 is 11.3 Å². The highest BCUT2D eigenvalue weighted by Gasteiger charge is 2.18. The van der Waals surface area contributed by atoms with Gasteiger partial charge in [-0.25, -0.2) is 13.4 Å². The van der Waals surface area contributed by atoms with Crippen LogP contribution in [0.3, 0.4) is 0 Å². The van der Waals surface area contributed by atoms with Gasteiger partial charge in [0.15, 0.2) is 20.7 Å². The van der Waals surface area contributed by atoms with Crippen molar-refractivity contribution in [2.75, 3.05) is 11.6 Å². The molecule has 28 heavy (non-hydrogen) atoms. The Balaban J connectivity index is 1.67. The summed E-state index contributed by atoms with van der Waals surface area (Å²) in [5.41, 5.74) is 2.02. The van der Waals surface area contributed by atoms with E-state index in [-0.39, 0.29) is 10.8 Å². The second-order valence-corrected chi connectivity index (χ2v) is 9.14. The fourth-order valence-electron chi connectivity index (χ4n) is 2.87. The number of rotatable bonds is 5. The predicted octanol–water partition coefficient (Wildman–Crippen LogP) is 3.20. The first-order valence-electron chi connectivity index (χ1n) is 8.37. The van der Waals surface area contributed by atoms with Crippen LogP contribution in [0, 0.1) is 0 Å². The van der Waals surface area contributed by atoms with E-state index in [1.807, 2.05) is 24.3 Å². The molecule has 2 aromatic heterocycles. The van der Waals surface area contributed by atoms with Gasteiger partial charge in [-0.1, -0.05) is 30.3 Å². The molecule has 4 rings (SSSR count). The molecular weight excluding hydrogens is 396 g/mol. The van der Waals surface area contributed by atoms with Gasteiger partial charge < -0.3 is 0 Å². The Morgan fingerprint density at radius 2 is 1.89 bits per heavy atom. The van der Waals surface area contributed by atoms with Crippen molar-refractivity contribution in [2.45, 2.75) is 11.4 Å². The van der Waals surface area contributed by atoms with Gasteiger partial charge in [0.25, 0.3) is 5.91 Å². The molecule has 1 amide bonds. The van der Waals surface area contributed by atoms with Crippen LogP contribution in [0.15, 0.2) is 65.0 Å². The molecular formula is C19H16N4O3S2. The molecule has 0 atom stereocenters.